The lowest BCUT2D eigenvalue weighted by molar-refractivity contribution is 0.0638. The molecule has 0 aliphatic carbocycles. The fourth-order valence-electron chi connectivity index (χ4n) is 2.52. The monoisotopic (exact) mass is 363 g/mol. The largest absolute Gasteiger partial charge is 0.453 e. The Morgan fingerprint density at radius 1 is 1.04 bits per heavy atom. The number of hydrogen-bond donors (Lipinski definition) is 2. The number of rotatable bonds is 8. The second kappa shape index (κ2) is 8.95. The predicted octanol–water partition coefficient (Wildman–Crippen LogP) is 0.405. The van der Waals surface area contributed by atoms with Gasteiger partial charge in [-0.05, 0) is 24.6 Å². The second-order valence-corrected chi connectivity index (χ2v) is 5.54. The van der Waals surface area contributed by atoms with Crippen LogP contribution in [0.15, 0.2) is 18.2 Å². The first-order chi connectivity index (χ1) is 12.5. The molecule has 0 atom stereocenters. The lowest BCUT2D eigenvalue weighted by atomic mass is 10.1. The molecular formula is C17H21N3O6. The van der Waals surface area contributed by atoms with Gasteiger partial charge in [-0.15, -0.1) is 0 Å². The summed E-state index contributed by atoms with van der Waals surface area (Å²) in [7, 11) is 2.79. The van der Waals surface area contributed by atoms with Gasteiger partial charge in [0.2, 0.25) is 0 Å². The maximum absolute atomic E-state index is 12.4. The summed E-state index contributed by atoms with van der Waals surface area (Å²) in [6.45, 7) is 1.11. The molecular weight excluding hydrogens is 342 g/mol. The Morgan fingerprint density at radius 3 is 2.42 bits per heavy atom. The van der Waals surface area contributed by atoms with Crippen LogP contribution in [0.25, 0.3) is 0 Å². The van der Waals surface area contributed by atoms with E-state index in [1.54, 1.807) is 7.11 Å². The van der Waals surface area contributed by atoms with Crippen molar-refractivity contribution in [3.05, 3.63) is 34.9 Å². The lowest BCUT2D eigenvalue weighted by Crippen LogP contribution is -2.34. The van der Waals surface area contributed by atoms with Crippen molar-refractivity contribution in [3.8, 4) is 0 Å². The molecule has 0 saturated carbocycles. The highest BCUT2D eigenvalue weighted by Gasteiger charge is 2.35. The van der Waals surface area contributed by atoms with Gasteiger partial charge in [-0.1, -0.05) is 0 Å². The van der Waals surface area contributed by atoms with Gasteiger partial charge in [0.05, 0.1) is 18.2 Å². The van der Waals surface area contributed by atoms with Gasteiger partial charge in [0.15, 0.2) is 0 Å². The summed E-state index contributed by atoms with van der Waals surface area (Å²) in [6.07, 6.45) is -0.0443. The molecule has 2 N–H and O–H groups in total. The van der Waals surface area contributed by atoms with Crippen LogP contribution in [0.1, 0.15) is 37.5 Å². The number of carbonyl (C=O) groups is 4. The summed E-state index contributed by atoms with van der Waals surface area (Å²) in [5, 5.41) is 5.05. The van der Waals surface area contributed by atoms with Crippen molar-refractivity contribution < 1.29 is 28.7 Å². The van der Waals surface area contributed by atoms with Crippen molar-refractivity contribution in [2.24, 2.45) is 0 Å². The third kappa shape index (κ3) is 4.37. The molecule has 1 aromatic carbocycles. The molecule has 9 nitrogen and oxygen atoms in total. The summed E-state index contributed by atoms with van der Waals surface area (Å²) in [5.41, 5.74) is 0.769. The first-order valence-electron chi connectivity index (χ1n) is 8.08. The summed E-state index contributed by atoms with van der Waals surface area (Å²) in [6, 6.07) is 4.38. The van der Waals surface area contributed by atoms with E-state index in [-0.39, 0.29) is 42.2 Å². The molecule has 140 valence electrons. The highest BCUT2D eigenvalue weighted by atomic mass is 16.5. The quantitative estimate of drug-likeness (QED) is 0.511. The molecule has 0 bridgehead atoms. The molecule has 0 spiro atoms. The Hall–Kier alpha value is -2.94. The van der Waals surface area contributed by atoms with Crippen LogP contribution in [0.4, 0.5) is 4.79 Å². The van der Waals surface area contributed by atoms with E-state index in [0.717, 1.165) is 4.90 Å². The molecule has 4 amide bonds. The number of alkyl carbamates (subject to hydrolysis) is 1. The highest BCUT2D eigenvalue weighted by Crippen LogP contribution is 2.24. The minimum Gasteiger partial charge on any atom is -0.453 e. The fraction of sp³-hybridized carbons (Fsp3) is 0.412. The van der Waals surface area contributed by atoms with Crippen LogP contribution in [0.3, 0.4) is 0 Å². The number of imide groups is 1. The fourth-order valence-corrected chi connectivity index (χ4v) is 2.52. The van der Waals surface area contributed by atoms with E-state index in [4.69, 9.17) is 4.74 Å². The van der Waals surface area contributed by atoms with Gasteiger partial charge in [0.1, 0.15) is 0 Å². The average molecular weight is 363 g/mol. The molecule has 1 aromatic rings. The molecule has 0 radical (unpaired) electrons. The Balaban J connectivity index is 1.99. The molecule has 0 saturated heterocycles. The van der Waals surface area contributed by atoms with Crippen LogP contribution in [-0.4, -0.2) is 69.2 Å². The minimum atomic E-state index is -0.588. The Kier molecular flexibility index (Phi) is 6.67. The average Bonchev–Trinajstić information content (AvgIpc) is 2.89. The number of amides is 4. The zero-order valence-corrected chi connectivity index (χ0v) is 14.7. The predicted molar refractivity (Wildman–Crippen MR) is 91.0 cm³/mol. The number of methoxy groups -OCH3 is 2. The summed E-state index contributed by atoms with van der Waals surface area (Å²) >= 11 is 0. The van der Waals surface area contributed by atoms with Crippen LogP contribution in [0.5, 0.6) is 0 Å². The lowest BCUT2D eigenvalue weighted by Gasteiger charge is -2.12. The standard InChI is InChI=1S/C17H21N3O6/c1-25-9-3-8-20-15(22)12-5-4-11(10-13(12)16(20)23)14(21)18-6-7-19-17(24)26-2/h4-5,10H,3,6-9H2,1-2H3,(H,18,21)(H,19,24). The first kappa shape index (κ1) is 19.4. The minimum absolute atomic E-state index is 0.195. The number of nitrogens with zero attached hydrogens (tertiary/aromatic N) is 1. The van der Waals surface area contributed by atoms with Crippen molar-refractivity contribution in [1.82, 2.24) is 15.5 Å². The van der Waals surface area contributed by atoms with Gasteiger partial charge in [-0.25, -0.2) is 4.79 Å². The molecule has 0 unspecified atom stereocenters. The first-order valence-corrected chi connectivity index (χ1v) is 8.08. The molecule has 9 heteroatoms. The van der Waals surface area contributed by atoms with Crippen molar-refractivity contribution in [3.63, 3.8) is 0 Å². The number of nitrogens with one attached hydrogen (secondary N) is 2. The van der Waals surface area contributed by atoms with Gasteiger partial charge in [0, 0.05) is 38.9 Å². The smallest absolute Gasteiger partial charge is 0.406 e. The van der Waals surface area contributed by atoms with E-state index in [2.05, 4.69) is 15.4 Å². The number of ether oxygens (including phenoxy) is 2. The molecule has 1 heterocycles. The van der Waals surface area contributed by atoms with Crippen LogP contribution >= 0.6 is 0 Å². The maximum Gasteiger partial charge on any atom is 0.406 e. The van der Waals surface area contributed by atoms with Gasteiger partial charge in [-0.3, -0.25) is 19.3 Å². The zero-order valence-electron chi connectivity index (χ0n) is 14.7. The van der Waals surface area contributed by atoms with Crippen LogP contribution in [0.2, 0.25) is 0 Å². The van der Waals surface area contributed by atoms with E-state index < -0.39 is 17.9 Å². The zero-order chi connectivity index (χ0) is 19.1. The summed E-state index contributed by atoms with van der Waals surface area (Å²) in [4.78, 5) is 48.9. The van der Waals surface area contributed by atoms with Crippen molar-refractivity contribution >= 4 is 23.8 Å². The van der Waals surface area contributed by atoms with E-state index in [0.29, 0.717) is 13.0 Å². The number of benzene rings is 1. The number of fused-ring (bicyclic) bond motifs is 1. The van der Waals surface area contributed by atoms with E-state index >= 15 is 0 Å². The highest BCUT2D eigenvalue weighted by molar-refractivity contribution is 6.22. The van der Waals surface area contributed by atoms with Crippen molar-refractivity contribution in [2.45, 2.75) is 6.42 Å². The van der Waals surface area contributed by atoms with Crippen LogP contribution in [0, 0.1) is 0 Å². The van der Waals surface area contributed by atoms with Crippen molar-refractivity contribution in [1.29, 1.82) is 0 Å². The van der Waals surface area contributed by atoms with Gasteiger partial charge >= 0.3 is 6.09 Å². The Morgan fingerprint density at radius 2 is 1.73 bits per heavy atom. The summed E-state index contributed by atoms with van der Waals surface area (Å²) in [5.74, 6) is -1.18. The topological polar surface area (TPSA) is 114 Å². The van der Waals surface area contributed by atoms with Gasteiger partial charge in [-0.2, -0.15) is 0 Å². The third-order valence-corrected chi connectivity index (χ3v) is 3.83. The van der Waals surface area contributed by atoms with E-state index in [1.807, 2.05) is 0 Å². The molecule has 0 fully saturated rings. The van der Waals surface area contributed by atoms with E-state index in [1.165, 1.54) is 25.3 Å². The molecule has 26 heavy (non-hydrogen) atoms. The Labute approximate surface area is 150 Å². The maximum atomic E-state index is 12.4. The number of hydrogen-bond acceptors (Lipinski definition) is 6. The Bertz CT molecular complexity index is 718. The molecule has 0 aromatic heterocycles. The van der Waals surface area contributed by atoms with Crippen molar-refractivity contribution in [2.75, 3.05) is 40.5 Å². The number of carbonyl (C=O) groups excluding carboxylic acids is 4. The summed E-state index contributed by atoms with van der Waals surface area (Å²) < 4.78 is 9.35. The van der Waals surface area contributed by atoms with Crippen LogP contribution < -0.4 is 10.6 Å². The van der Waals surface area contributed by atoms with Gasteiger partial charge in [0.25, 0.3) is 17.7 Å². The second-order valence-electron chi connectivity index (χ2n) is 5.54. The molecule has 1 aliphatic rings. The van der Waals surface area contributed by atoms with E-state index in [9.17, 15) is 19.2 Å². The molecule has 2 rings (SSSR count). The van der Waals surface area contributed by atoms with Gasteiger partial charge < -0.3 is 20.1 Å². The normalized spacial score (nSPS) is 12.8. The van der Waals surface area contributed by atoms with Crippen LogP contribution in [-0.2, 0) is 9.47 Å². The SMILES string of the molecule is COCCCN1C(=O)c2ccc(C(=O)NCCNC(=O)OC)cc2C1=O. The molecule has 1 aliphatic heterocycles. The third-order valence-electron chi connectivity index (χ3n) is 3.83.